The molecule has 0 saturated carbocycles. The van der Waals surface area contributed by atoms with Gasteiger partial charge in [0, 0.05) is 68.7 Å². The summed E-state index contributed by atoms with van der Waals surface area (Å²) in [6, 6.07) is 5.75. The summed E-state index contributed by atoms with van der Waals surface area (Å²) in [5, 5.41) is 20.4. The molecule has 11 heteroatoms. The van der Waals surface area contributed by atoms with Crippen molar-refractivity contribution in [3.8, 4) is 5.75 Å². The predicted octanol–water partition coefficient (Wildman–Crippen LogP) is 2.47. The summed E-state index contributed by atoms with van der Waals surface area (Å²) in [6.45, 7) is 7.71. The first-order chi connectivity index (χ1) is 16.7. The van der Waals surface area contributed by atoms with E-state index in [0.29, 0.717) is 38.2 Å². The molecule has 1 fully saturated rings. The first-order valence-electron chi connectivity index (χ1n) is 12.3. The minimum Gasteiger partial charge on any atom is -0.490 e. The van der Waals surface area contributed by atoms with Crippen molar-refractivity contribution < 1.29 is 23.5 Å². The number of amides is 1. The van der Waals surface area contributed by atoms with Gasteiger partial charge in [0.05, 0.1) is 18.3 Å². The summed E-state index contributed by atoms with van der Waals surface area (Å²) in [7, 11) is -1.46. The quantitative estimate of drug-likeness (QED) is 0.399. The van der Waals surface area contributed by atoms with Gasteiger partial charge in [-0.1, -0.05) is 12.1 Å². The highest BCUT2D eigenvalue weighted by Crippen LogP contribution is 2.48. The van der Waals surface area contributed by atoms with Crippen LogP contribution in [0.5, 0.6) is 5.75 Å². The molecule has 2 aromatic rings. The number of aromatic nitrogens is 3. The van der Waals surface area contributed by atoms with Crippen LogP contribution in [0.2, 0.25) is 18.6 Å². The van der Waals surface area contributed by atoms with Gasteiger partial charge >= 0.3 is 0 Å². The minimum absolute atomic E-state index is 0.0154. The number of hydrogen-bond donors (Lipinski definition) is 2. The number of methoxy groups -OCH3 is 1. The molecule has 2 aliphatic rings. The summed E-state index contributed by atoms with van der Waals surface area (Å²) >= 11 is 0. The molecule has 0 spiro atoms. The van der Waals surface area contributed by atoms with Crippen LogP contribution in [0.1, 0.15) is 30.7 Å². The topological polar surface area (TPSA) is 102 Å². The summed E-state index contributed by atoms with van der Waals surface area (Å²) in [4.78, 5) is 14.2. The summed E-state index contributed by atoms with van der Waals surface area (Å²) < 4.78 is 29.8. The molecule has 2 N–H and O–H groups in total. The summed E-state index contributed by atoms with van der Waals surface area (Å²) in [6.07, 6.45) is 2.18. The summed E-state index contributed by atoms with van der Waals surface area (Å²) in [5.74, 6) is 0.628. The number of carbonyl (C=O) groups is 1. The molecule has 1 unspecified atom stereocenters. The Morgan fingerprint density at radius 2 is 2.20 bits per heavy atom. The largest absolute Gasteiger partial charge is 0.490 e. The smallest absolute Gasteiger partial charge is 0.247 e. The number of anilines is 1. The number of piperazine rings is 1. The van der Waals surface area contributed by atoms with E-state index in [2.05, 4.69) is 15.6 Å². The van der Waals surface area contributed by atoms with Crippen LogP contribution in [-0.2, 0) is 22.5 Å². The van der Waals surface area contributed by atoms with Gasteiger partial charge in [0.25, 0.3) is 0 Å². The van der Waals surface area contributed by atoms with E-state index >= 15 is 4.11 Å². The van der Waals surface area contributed by atoms with E-state index in [1.165, 1.54) is 0 Å². The highest BCUT2D eigenvalue weighted by Gasteiger charge is 2.47. The Morgan fingerprint density at radius 3 is 2.89 bits per heavy atom. The number of aliphatic hydroxyl groups excluding tert-OH is 1. The number of nitrogens with zero attached hydrogens (tertiary/aromatic N) is 4. The zero-order valence-electron chi connectivity index (χ0n) is 20.9. The molecule has 1 aromatic carbocycles. The van der Waals surface area contributed by atoms with Crippen molar-refractivity contribution >= 4 is 20.0 Å². The number of halogens is 1. The van der Waals surface area contributed by atoms with Crippen LogP contribution in [0.15, 0.2) is 24.4 Å². The number of carbonyl (C=O) groups excluding carboxylic acids is 1. The van der Waals surface area contributed by atoms with E-state index in [-0.39, 0.29) is 36.2 Å². The second kappa shape index (κ2) is 10.7. The van der Waals surface area contributed by atoms with E-state index in [0.717, 1.165) is 23.5 Å². The molecule has 35 heavy (non-hydrogen) atoms. The van der Waals surface area contributed by atoms with Crippen LogP contribution in [0.3, 0.4) is 0 Å². The van der Waals surface area contributed by atoms with E-state index < -0.39 is 8.41 Å². The summed E-state index contributed by atoms with van der Waals surface area (Å²) in [5.41, 5.74) is 2.15. The molecular weight excluding hydrogens is 469 g/mol. The number of fused-ring (bicyclic) bond motifs is 1. The third kappa shape index (κ3) is 5.58. The van der Waals surface area contributed by atoms with Gasteiger partial charge in [0.15, 0.2) is 0 Å². The Labute approximate surface area is 206 Å². The molecule has 0 bridgehead atoms. The molecule has 0 aliphatic carbocycles. The zero-order chi connectivity index (χ0) is 25.2. The molecule has 192 valence electrons. The maximum absolute atomic E-state index is 15.7. The van der Waals surface area contributed by atoms with Gasteiger partial charge in [0.2, 0.25) is 14.3 Å². The average molecular weight is 506 g/mol. The molecule has 1 amide bonds. The number of aryl methyl sites for hydroxylation is 1. The number of nitrogens with one attached hydrogen (secondary N) is 1. The van der Waals surface area contributed by atoms with E-state index in [1.807, 2.05) is 25.1 Å². The molecule has 4 atom stereocenters. The van der Waals surface area contributed by atoms with Crippen molar-refractivity contribution in [2.45, 2.75) is 57.2 Å². The van der Waals surface area contributed by atoms with Gasteiger partial charge in [0.1, 0.15) is 11.9 Å². The normalized spacial score (nSPS) is 23.7. The highest BCUT2D eigenvalue weighted by molar-refractivity contribution is 6.72. The minimum atomic E-state index is -3.13. The second-order valence-corrected chi connectivity index (χ2v) is 13.8. The Bertz CT molecular complexity index is 1030. The van der Waals surface area contributed by atoms with Crippen molar-refractivity contribution in [1.82, 2.24) is 20.3 Å². The molecule has 9 nitrogen and oxygen atoms in total. The van der Waals surface area contributed by atoms with E-state index in [9.17, 15) is 4.79 Å². The van der Waals surface area contributed by atoms with Crippen molar-refractivity contribution in [3.63, 3.8) is 0 Å². The molecular formula is C24H36FN5O4Si. The van der Waals surface area contributed by atoms with Gasteiger partial charge < -0.3 is 28.9 Å². The van der Waals surface area contributed by atoms with Gasteiger partial charge in [-0.15, -0.1) is 5.10 Å². The fourth-order valence-corrected chi connectivity index (χ4v) is 7.23. The van der Waals surface area contributed by atoms with Gasteiger partial charge in [-0.05, 0) is 37.7 Å². The Hall–Kier alpha value is -2.34. The highest BCUT2D eigenvalue weighted by atomic mass is 28.4. The maximum Gasteiger partial charge on any atom is 0.247 e. The van der Waals surface area contributed by atoms with Crippen LogP contribution in [0, 0.1) is 5.92 Å². The number of ether oxygens (including phenoxy) is 2. The van der Waals surface area contributed by atoms with Crippen LogP contribution < -0.4 is 15.0 Å². The number of aliphatic hydroxyl groups is 1. The number of hydrogen-bond acceptors (Lipinski definition) is 7. The lowest BCUT2D eigenvalue weighted by Gasteiger charge is -2.43. The fraction of sp³-hybridized carbons (Fsp3) is 0.625. The molecule has 1 saturated heterocycles. The molecule has 1 aromatic heterocycles. The first kappa shape index (κ1) is 25.7. The van der Waals surface area contributed by atoms with Gasteiger partial charge in [-0.3, -0.25) is 9.48 Å². The number of rotatable bonds is 9. The third-order valence-electron chi connectivity index (χ3n) is 7.12. The fourth-order valence-electron chi connectivity index (χ4n) is 5.26. The standard InChI is InChI=1S/C24H36FN5O4Si/c1-16-23(33-2)19-13-18(30-11-9-26-14-22(30)32)5-6-20(19)34-24(16)21(35(3,4)25)7-10-29-15-17(8-12-31)27-28-29/h5-6,13,15-16,21,23-24,26,31H,7-12,14H2,1-4H3/t16-,21?,23-,24-/m0/s1. The van der Waals surface area contributed by atoms with Crippen molar-refractivity contribution in [3.05, 3.63) is 35.7 Å². The monoisotopic (exact) mass is 505 g/mol. The van der Waals surface area contributed by atoms with E-state index in [1.54, 1.807) is 36.0 Å². The SMILES string of the molecule is CO[C@@H]1c2cc(N3CCNCC3=O)ccc2O[C@H](C(CCn2cc(CCO)nn2)[Si](C)(C)F)[C@H]1C. The molecule has 3 heterocycles. The Morgan fingerprint density at radius 1 is 1.40 bits per heavy atom. The molecule has 2 aliphatic heterocycles. The third-order valence-corrected chi connectivity index (χ3v) is 9.50. The lowest BCUT2D eigenvalue weighted by molar-refractivity contribution is -0.118. The number of benzene rings is 1. The molecule has 4 rings (SSSR count). The average Bonchev–Trinajstić information content (AvgIpc) is 3.26. The lowest BCUT2D eigenvalue weighted by atomic mass is 9.86. The predicted molar refractivity (Wildman–Crippen MR) is 133 cm³/mol. The van der Waals surface area contributed by atoms with E-state index in [4.69, 9.17) is 14.6 Å². The lowest BCUT2D eigenvalue weighted by Crippen LogP contribution is -2.48. The van der Waals surface area contributed by atoms with Crippen LogP contribution >= 0.6 is 0 Å². The second-order valence-electron chi connectivity index (χ2n) is 9.95. The Kier molecular flexibility index (Phi) is 7.89. The van der Waals surface area contributed by atoms with Gasteiger partial charge in [-0.2, -0.15) is 0 Å². The zero-order valence-corrected chi connectivity index (χ0v) is 21.9. The van der Waals surface area contributed by atoms with Crippen LogP contribution in [0.25, 0.3) is 0 Å². The van der Waals surface area contributed by atoms with Crippen LogP contribution in [0.4, 0.5) is 9.80 Å². The maximum atomic E-state index is 15.7. The van der Waals surface area contributed by atoms with Crippen LogP contribution in [-0.4, -0.2) is 73.9 Å². The van der Waals surface area contributed by atoms with Crippen molar-refractivity contribution in [2.24, 2.45) is 5.92 Å². The Balaban J connectivity index is 1.57. The molecule has 0 radical (unpaired) electrons. The van der Waals surface area contributed by atoms with Gasteiger partial charge in [-0.25, -0.2) is 0 Å². The first-order valence-corrected chi connectivity index (χ1v) is 15.2. The van der Waals surface area contributed by atoms with Crippen molar-refractivity contribution in [2.75, 3.05) is 38.3 Å². The van der Waals surface area contributed by atoms with Crippen molar-refractivity contribution in [1.29, 1.82) is 0 Å².